The molecule has 1 rings (SSSR count). The molecule has 4 heteroatoms. The maximum Gasteiger partial charge on any atom is 0.253 e. The summed E-state index contributed by atoms with van der Waals surface area (Å²) in [5.41, 5.74) is 0.626. The van der Waals surface area contributed by atoms with E-state index in [4.69, 9.17) is 5.11 Å². The van der Waals surface area contributed by atoms with Crippen LogP contribution < -0.4 is 0 Å². The van der Waals surface area contributed by atoms with Gasteiger partial charge in [-0.2, -0.15) is 0 Å². The molecule has 82 valence electrons. The van der Waals surface area contributed by atoms with Gasteiger partial charge in [0, 0.05) is 17.1 Å². The molecule has 0 aliphatic rings. The normalized spacial score (nSPS) is 12.3. The third-order valence-corrected chi connectivity index (χ3v) is 2.87. The molecule has 0 fully saturated rings. The highest BCUT2D eigenvalue weighted by atomic mass is 79.9. The highest BCUT2D eigenvalue weighted by molar-refractivity contribution is 9.10. The van der Waals surface area contributed by atoms with E-state index in [1.54, 1.807) is 26.1 Å². The summed E-state index contributed by atoms with van der Waals surface area (Å²) in [6.07, 6.45) is 0. The number of carbonyl (C=O) groups is 1. The first kappa shape index (κ1) is 12.2. The number of hydrogen-bond acceptors (Lipinski definition) is 2. The van der Waals surface area contributed by atoms with Gasteiger partial charge in [-0.1, -0.05) is 15.9 Å². The molecule has 3 nitrogen and oxygen atoms in total. The predicted molar refractivity (Wildman–Crippen MR) is 62.8 cm³/mol. The van der Waals surface area contributed by atoms with E-state index in [2.05, 4.69) is 15.9 Å². The summed E-state index contributed by atoms with van der Waals surface area (Å²) >= 11 is 3.31. The molecule has 1 atom stereocenters. The third-order valence-electron chi connectivity index (χ3n) is 2.34. The molecule has 0 heterocycles. The lowest BCUT2D eigenvalue weighted by atomic mass is 10.2. The Balaban J connectivity index is 2.80. The van der Waals surface area contributed by atoms with Gasteiger partial charge in [-0.25, -0.2) is 0 Å². The van der Waals surface area contributed by atoms with Crippen LogP contribution in [0.2, 0.25) is 0 Å². The quantitative estimate of drug-likeness (QED) is 0.913. The number of carbonyl (C=O) groups excluding carboxylic acids is 1. The first-order valence-electron chi connectivity index (χ1n) is 4.70. The largest absolute Gasteiger partial charge is 0.394 e. The minimum absolute atomic E-state index is 0.0290. The number of nitrogens with zero attached hydrogens (tertiary/aromatic N) is 1. The van der Waals surface area contributed by atoms with Crippen molar-refractivity contribution in [2.75, 3.05) is 13.7 Å². The molecule has 0 spiro atoms. The summed E-state index contributed by atoms with van der Waals surface area (Å²) in [5.74, 6) is -0.0796. The number of rotatable bonds is 3. The fourth-order valence-electron chi connectivity index (χ4n) is 1.12. The zero-order valence-corrected chi connectivity index (χ0v) is 10.4. The molecule has 1 amide bonds. The van der Waals surface area contributed by atoms with Crippen LogP contribution in [0.15, 0.2) is 28.7 Å². The molecular formula is C11H14BrNO2. The van der Waals surface area contributed by atoms with Gasteiger partial charge in [-0.15, -0.1) is 0 Å². The monoisotopic (exact) mass is 271 g/mol. The zero-order valence-electron chi connectivity index (χ0n) is 8.77. The Morgan fingerprint density at radius 1 is 1.47 bits per heavy atom. The van der Waals surface area contributed by atoms with Crippen molar-refractivity contribution in [2.45, 2.75) is 13.0 Å². The fourth-order valence-corrected chi connectivity index (χ4v) is 1.38. The van der Waals surface area contributed by atoms with E-state index in [9.17, 15) is 4.79 Å². The van der Waals surface area contributed by atoms with Crippen molar-refractivity contribution in [1.82, 2.24) is 4.90 Å². The Kier molecular flexibility index (Phi) is 4.29. The molecule has 15 heavy (non-hydrogen) atoms. The van der Waals surface area contributed by atoms with Crippen molar-refractivity contribution in [3.63, 3.8) is 0 Å². The first-order chi connectivity index (χ1) is 7.06. The SMILES string of the molecule is CC(CO)N(C)C(=O)c1ccc(Br)cc1. The van der Waals surface area contributed by atoms with Crippen LogP contribution in [-0.4, -0.2) is 35.6 Å². The van der Waals surface area contributed by atoms with Gasteiger partial charge in [-0.05, 0) is 31.2 Å². The van der Waals surface area contributed by atoms with Crippen LogP contribution in [-0.2, 0) is 0 Å². The highest BCUT2D eigenvalue weighted by Crippen LogP contribution is 2.12. The van der Waals surface area contributed by atoms with E-state index in [0.717, 1.165) is 4.47 Å². The summed E-state index contributed by atoms with van der Waals surface area (Å²) in [4.78, 5) is 13.4. The molecule has 1 aromatic carbocycles. The van der Waals surface area contributed by atoms with Gasteiger partial charge in [0.1, 0.15) is 0 Å². The van der Waals surface area contributed by atoms with E-state index < -0.39 is 0 Å². The van der Waals surface area contributed by atoms with Crippen molar-refractivity contribution >= 4 is 21.8 Å². The third kappa shape index (κ3) is 3.04. The van der Waals surface area contributed by atoms with Crippen LogP contribution in [0.3, 0.4) is 0 Å². The number of halogens is 1. The Labute approximate surface area is 97.8 Å². The lowest BCUT2D eigenvalue weighted by Gasteiger charge is -2.23. The van der Waals surface area contributed by atoms with E-state index in [1.165, 1.54) is 4.90 Å². The molecule has 0 saturated heterocycles. The lowest BCUT2D eigenvalue weighted by Crippen LogP contribution is -2.37. The van der Waals surface area contributed by atoms with E-state index in [1.807, 2.05) is 12.1 Å². The number of amides is 1. The minimum atomic E-state index is -0.166. The Hall–Kier alpha value is -0.870. The molecular weight excluding hydrogens is 258 g/mol. The number of aliphatic hydroxyl groups excluding tert-OH is 1. The summed E-state index contributed by atoms with van der Waals surface area (Å²) in [6, 6.07) is 7.00. The molecule has 0 aromatic heterocycles. The molecule has 0 saturated carbocycles. The maximum atomic E-state index is 11.9. The smallest absolute Gasteiger partial charge is 0.253 e. The number of benzene rings is 1. The fraction of sp³-hybridized carbons (Fsp3) is 0.364. The average molecular weight is 272 g/mol. The second-order valence-corrected chi connectivity index (χ2v) is 4.37. The van der Waals surface area contributed by atoms with Gasteiger partial charge in [-0.3, -0.25) is 4.79 Å². The summed E-state index contributed by atoms with van der Waals surface area (Å²) in [5, 5.41) is 8.94. The Morgan fingerprint density at radius 2 is 2.00 bits per heavy atom. The second-order valence-electron chi connectivity index (χ2n) is 3.45. The van der Waals surface area contributed by atoms with Crippen molar-refractivity contribution < 1.29 is 9.90 Å². The molecule has 0 aliphatic heterocycles. The maximum absolute atomic E-state index is 11.9. The second kappa shape index (κ2) is 5.28. The number of aliphatic hydroxyl groups is 1. The number of likely N-dealkylation sites (N-methyl/N-ethyl adjacent to an activating group) is 1. The van der Waals surface area contributed by atoms with Crippen molar-refractivity contribution in [1.29, 1.82) is 0 Å². The molecule has 0 aliphatic carbocycles. The Bertz CT molecular complexity index is 337. The summed E-state index contributed by atoms with van der Waals surface area (Å²) in [7, 11) is 1.69. The van der Waals surface area contributed by atoms with Gasteiger partial charge < -0.3 is 10.0 Å². The van der Waals surface area contributed by atoms with E-state index in [-0.39, 0.29) is 18.6 Å². The van der Waals surface area contributed by atoms with Crippen molar-refractivity contribution in [3.05, 3.63) is 34.3 Å². The Morgan fingerprint density at radius 3 is 2.47 bits per heavy atom. The van der Waals surface area contributed by atoms with Gasteiger partial charge >= 0.3 is 0 Å². The molecule has 1 N–H and O–H groups in total. The zero-order chi connectivity index (χ0) is 11.4. The topological polar surface area (TPSA) is 40.5 Å². The molecule has 0 bridgehead atoms. The standard InChI is InChI=1S/C11H14BrNO2/c1-8(7-14)13(2)11(15)9-3-5-10(12)6-4-9/h3-6,8,14H,7H2,1-2H3. The van der Waals surface area contributed by atoms with E-state index >= 15 is 0 Å². The lowest BCUT2D eigenvalue weighted by molar-refractivity contribution is 0.0682. The van der Waals surface area contributed by atoms with Gasteiger partial charge in [0.2, 0.25) is 0 Å². The van der Waals surface area contributed by atoms with Gasteiger partial charge in [0.25, 0.3) is 5.91 Å². The minimum Gasteiger partial charge on any atom is -0.394 e. The van der Waals surface area contributed by atoms with Gasteiger partial charge in [0.05, 0.1) is 12.6 Å². The summed E-state index contributed by atoms with van der Waals surface area (Å²) in [6.45, 7) is 1.77. The van der Waals surface area contributed by atoms with Crippen molar-refractivity contribution in [2.24, 2.45) is 0 Å². The van der Waals surface area contributed by atoms with E-state index in [0.29, 0.717) is 5.56 Å². The molecule has 0 radical (unpaired) electrons. The van der Waals surface area contributed by atoms with Crippen LogP contribution in [0.4, 0.5) is 0 Å². The molecule has 1 unspecified atom stereocenters. The van der Waals surface area contributed by atoms with Crippen LogP contribution in [0.25, 0.3) is 0 Å². The predicted octanol–water partition coefficient (Wildman–Crippen LogP) is 1.90. The number of hydrogen-bond donors (Lipinski definition) is 1. The van der Waals surface area contributed by atoms with Crippen LogP contribution in [0, 0.1) is 0 Å². The van der Waals surface area contributed by atoms with Gasteiger partial charge in [0.15, 0.2) is 0 Å². The van der Waals surface area contributed by atoms with Crippen LogP contribution in [0.5, 0.6) is 0 Å². The highest BCUT2D eigenvalue weighted by Gasteiger charge is 2.16. The van der Waals surface area contributed by atoms with Crippen LogP contribution in [0.1, 0.15) is 17.3 Å². The first-order valence-corrected chi connectivity index (χ1v) is 5.49. The van der Waals surface area contributed by atoms with Crippen molar-refractivity contribution in [3.8, 4) is 0 Å². The average Bonchev–Trinajstić information content (AvgIpc) is 2.27. The summed E-state index contributed by atoms with van der Waals surface area (Å²) < 4.78 is 0.942. The van der Waals surface area contributed by atoms with Crippen LogP contribution >= 0.6 is 15.9 Å². The molecule has 1 aromatic rings.